The van der Waals surface area contributed by atoms with E-state index in [4.69, 9.17) is 12.2 Å². The molecule has 0 fully saturated rings. The second kappa shape index (κ2) is 2.38. The van der Waals surface area contributed by atoms with Gasteiger partial charge in [-0.05, 0) is 6.92 Å². The lowest BCUT2D eigenvalue weighted by Crippen LogP contribution is -1.92. The molecule has 0 saturated carbocycles. The van der Waals surface area contributed by atoms with Gasteiger partial charge in [-0.3, -0.25) is 0 Å². The summed E-state index contributed by atoms with van der Waals surface area (Å²) in [6.45, 7) is 1.86. The molecule has 1 N–H and O–H groups in total. The molecule has 62 valence electrons. The summed E-state index contributed by atoms with van der Waals surface area (Å²) in [5, 5.41) is 0. The third-order valence-corrected chi connectivity index (χ3v) is 1.99. The van der Waals surface area contributed by atoms with Crippen molar-refractivity contribution in [2.24, 2.45) is 7.05 Å². The summed E-state index contributed by atoms with van der Waals surface area (Å²) < 4.78 is 2.46. The zero-order chi connectivity index (χ0) is 8.72. The third kappa shape index (κ3) is 0.937. The number of aromatic nitrogens is 4. The molecule has 0 unspecified atom stereocenters. The van der Waals surface area contributed by atoms with E-state index in [-0.39, 0.29) is 0 Å². The van der Waals surface area contributed by atoms with Crippen molar-refractivity contribution in [3.63, 3.8) is 0 Å². The molecule has 12 heavy (non-hydrogen) atoms. The van der Waals surface area contributed by atoms with Crippen LogP contribution in [0.4, 0.5) is 0 Å². The Balaban J connectivity index is 3.03. The maximum atomic E-state index is 5.09. The number of H-pyrrole nitrogens is 1. The van der Waals surface area contributed by atoms with Gasteiger partial charge >= 0.3 is 0 Å². The van der Waals surface area contributed by atoms with Crippen molar-refractivity contribution in [2.75, 3.05) is 0 Å². The molecule has 2 heterocycles. The first kappa shape index (κ1) is 7.42. The second-order valence-electron chi connectivity index (χ2n) is 2.68. The Morgan fingerprint density at radius 1 is 1.58 bits per heavy atom. The van der Waals surface area contributed by atoms with Crippen molar-refractivity contribution in [1.29, 1.82) is 0 Å². The van der Waals surface area contributed by atoms with E-state index in [2.05, 4.69) is 15.0 Å². The van der Waals surface area contributed by atoms with Gasteiger partial charge in [0.2, 0.25) is 0 Å². The molecule has 0 aromatic carbocycles. The lowest BCUT2D eigenvalue weighted by atomic mass is 10.5. The van der Waals surface area contributed by atoms with E-state index < -0.39 is 0 Å². The Labute approximate surface area is 74.3 Å². The molecule has 0 atom stereocenters. The smallest absolute Gasteiger partial charge is 0.160 e. The number of hydrogen-bond acceptors (Lipinski definition) is 3. The van der Waals surface area contributed by atoms with Gasteiger partial charge in [0.25, 0.3) is 0 Å². The minimum atomic E-state index is 0.598. The first-order chi connectivity index (χ1) is 5.68. The molecule has 5 heteroatoms. The van der Waals surface area contributed by atoms with Crippen molar-refractivity contribution >= 4 is 23.4 Å². The van der Waals surface area contributed by atoms with Gasteiger partial charge in [0.1, 0.15) is 11.3 Å². The van der Waals surface area contributed by atoms with Gasteiger partial charge in [-0.1, -0.05) is 12.2 Å². The maximum Gasteiger partial charge on any atom is 0.160 e. The van der Waals surface area contributed by atoms with Gasteiger partial charge in [-0.2, -0.15) is 0 Å². The van der Waals surface area contributed by atoms with Crippen LogP contribution in [0, 0.1) is 11.6 Å². The van der Waals surface area contributed by atoms with E-state index in [1.807, 2.05) is 18.5 Å². The molecule has 2 aromatic rings. The number of aryl methyl sites for hydroxylation is 2. The minimum absolute atomic E-state index is 0.598. The molecule has 0 bridgehead atoms. The standard InChI is InChI=1S/C7H8N4S/c1-4-9-6-5(7(12)10-4)11(2)3-8-6/h3H,1-2H3,(H,9,10,12). The maximum absolute atomic E-state index is 5.09. The summed E-state index contributed by atoms with van der Waals surface area (Å²) in [6, 6.07) is 0. The molecule has 0 aliphatic heterocycles. The second-order valence-corrected chi connectivity index (χ2v) is 3.07. The largest absolute Gasteiger partial charge is 0.330 e. The Morgan fingerprint density at radius 3 is 3.08 bits per heavy atom. The lowest BCUT2D eigenvalue weighted by Gasteiger charge is -1.95. The summed E-state index contributed by atoms with van der Waals surface area (Å²) in [5.41, 5.74) is 1.69. The van der Waals surface area contributed by atoms with E-state index in [0.29, 0.717) is 4.64 Å². The zero-order valence-corrected chi connectivity index (χ0v) is 7.64. The highest BCUT2D eigenvalue weighted by Crippen LogP contribution is 2.08. The Hall–Kier alpha value is -1.23. The van der Waals surface area contributed by atoms with Gasteiger partial charge < -0.3 is 9.55 Å². The SMILES string of the molecule is Cc1nc(=S)c2c(ncn2C)[nH]1. The Morgan fingerprint density at radius 2 is 2.33 bits per heavy atom. The number of nitrogens with one attached hydrogen (secondary N) is 1. The molecule has 2 aromatic heterocycles. The molecule has 0 radical (unpaired) electrons. The van der Waals surface area contributed by atoms with Crippen LogP contribution in [0.3, 0.4) is 0 Å². The summed E-state index contributed by atoms with van der Waals surface area (Å²) in [6.07, 6.45) is 1.72. The Bertz CT molecular complexity index is 482. The minimum Gasteiger partial charge on any atom is -0.330 e. The van der Waals surface area contributed by atoms with Crippen LogP contribution in [0.25, 0.3) is 11.2 Å². The monoisotopic (exact) mass is 180 g/mol. The van der Waals surface area contributed by atoms with Crippen molar-refractivity contribution in [3.8, 4) is 0 Å². The van der Waals surface area contributed by atoms with Gasteiger partial charge in [-0.15, -0.1) is 0 Å². The van der Waals surface area contributed by atoms with Gasteiger partial charge in [0.05, 0.1) is 6.33 Å². The van der Waals surface area contributed by atoms with Crippen LogP contribution in [-0.2, 0) is 7.05 Å². The van der Waals surface area contributed by atoms with Crippen LogP contribution in [0.5, 0.6) is 0 Å². The fourth-order valence-corrected chi connectivity index (χ4v) is 1.56. The highest BCUT2D eigenvalue weighted by Gasteiger charge is 2.02. The van der Waals surface area contributed by atoms with E-state index >= 15 is 0 Å². The molecule has 0 saturated heterocycles. The number of rotatable bonds is 0. The summed E-state index contributed by atoms with van der Waals surface area (Å²) in [5.74, 6) is 0.797. The van der Waals surface area contributed by atoms with Crippen molar-refractivity contribution < 1.29 is 0 Å². The first-order valence-electron chi connectivity index (χ1n) is 3.56. The van der Waals surface area contributed by atoms with E-state index in [9.17, 15) is 0 Å². The van der Waals surface area contributed by atoms with Gasteiger partial charge in [-0.25, -0.2) is 9.97 Å². The third-order valence-electron chi connectivity index (χ3n) is 1.71. The van der Waals surface area contributed by atoms with Crippen LogP contribution in [0.2, 0.25) is 0 Å². The topological polar surface area (TPSA) is 46.5 Å². The predicted octanol–water partition coefficient (Wildman–Crippen LogP) is 1.33. The Kier molecular flexibility index (Phi) is 1.47. The number of fused-ring (bicyclic) bond motifs is 1. The van der Waals surface area contributed by atoms with Crippen LogP contribution < -0.4 is 0 Å². The molecule has 0 aliphatic rings. The van der Waals surface area contributed by atoms with E-state index in [0.717, 1.165) is 17.0 Å². The highest BCUT2D eigenvalue weighted by molar-refractivity contribution is 7.71. The summed E-state index contributed by atoms with van der Waals surface area (Å²) in [7, 11) is 1.90. The van der Waals surface area contributed by atoms with E-state index in [1.54, 1.807) is 6.33 Å². The zero-order valence-electron chi connectivity index (χ0n) is 6.83. The molecule has 2 rings (SSSR count). The number of aromatic amines is 1. The summed E-state index contributed by atoms with van der Waals surface area (Å²) in [4.78, 5) is 11.3. The fraction of sp³-hybridized carbons (Fsp3) is 0.286. The van der Waals surface area contributed by atoms with Crippen LogP contribution in [0.1, 0.15) is 5.82 Å². The van der Waals surface area contributed by atoms with Crippen molar-refractivity contribution in [1.82, 2.24) is 19.5 Å². The number of nitrogens with zero attached hydrogens (tertiary/aromatic N) is 3. The average molecular weight is 180 g/mol. The van der Waals surface area contributed by atoms with Crippen LogP contribution in [0.15, 0.2) is 6.33 Å². The van der Waals surface area contributed by atoms with E-state index in [1.165, 1.54) is 0 Å². The molecule has 0 aliphatic carbocycles. The normalized spacial score (nSPS) is 10.8. The van der Waals surface area contributed by atoms with Crippen LogP contribution in [-0.4, -0.2) is 19.5 Å². The average Bonchev–Trinajstić information content (AvgIpc) is 2.31. The lowest BCUT2D eigenvalue weighted by molar-refractivity contribution is 0.940. The van der Waals surface area contributed by atoms with Gasteiger partial charge in [0.15, 0.2) is 10.3 Å². The van der Waals surface area contributed by atoms with Gasteiger partial charge in [0, 0.05) is 7.05 Å². The highest BCUT2D eigenvalue weighted by atomic mass is 32.1. The molecular weight excluding hydrogens is 172 g/mol. The van der Waals surface area contributed by atoms with Crippen molar-refractivity contribution in [2.45, 2.75) is 6.92 Å². The molecule has 0 amide bonds. The predicted molar refractivity (Wildman–Crippen MR) is 48.4 cm³/mol. The number of hydrogen-bond donors (Lipinski definition) is 1. The molecule has 4 nitrogen and oxygen atoms in total. The number of imidazole rings is 1. The molecular formula is C7H8N4S. The molecule has 0 spiro atoms. The first-order valence-corrected chi connectivity index (χ1v) is 3.97. The summed E-state index contributed by atoms with van der Waals surface area (Å²) >= 11 is 5.09. The van der Waals surface area contributed by atoms with Crippen LogP contribution >= 0.6 is 12.2 Å². The fourth-order valence-electron chi connectivity index (χ4n) is 1.18. The van der Waals surface area contributed by atoms with Crippen molar-refractivity contribution in [3.05, 3.63) is 16.8 Å². The quantitative estimate of drug-likeness (QED) is 0.622.